The van der Waals surface area contributed by atoms with E-state index >= 15 is 0 Å². The van der Waals surface area contributed by atoms with Crippen LogP contribution in [0.4, 0.5) is 15.8 Å². The standard InChI is InChI=1S/C20H22FN3O3/c1-27-20(26)15-5-4-6-16(13-15)22-14-19(25)24-11-9-23(10-12-24)18-8-3-2-7-17(18)21/h2-8,13,22H,9-12,14H2,1H3. The smallest absolute Gasteiger partial charge is 0.337 e. The van der Waals surface area contributed by atoms with E-state index < -0.39 is 5.97 Å². The number of piperazine rings is 1. The zero-order chi connectivity index (χ0) is 19.2. The molecular weight excluding hydrogens is 349 g/mol. The number of ether oxygens (including phenoxy) is 1. The molecule has 0 atom stereocenters. The van der Waals surface area contributed by atoms with Crippen LogP contribution in [0.3, 0.4) is 0 Å². The predicted molar refractivity (Wildman–Crippen MR) is 101 cm³/mol. The summed E-state index contributed by atoms with van der Waals surface area (Å²) in [7, 11) is 1.33. The topological polar surface area (TPSA) is 61.9 Å². The minimum atomic E-state index is -0.422. The third-order valence-electron chi connectivity index (χ3n) is 4.55. The maximum absolute atomic E-state index is 13.9. The molecule has 6 nitrogen and oxygen atoms in total. The molecule has 7 heteroatoms. The first-order valence-electron chi connectivity index (χ1n) is 8.78. The number of halogens is 1. The summed E-state index contributed by atoms with van der Waals surface area (Å²) in [5.74, 6) is -0.703. The van der Waals surface area contributed by atoms with Gasteiger partial charge in [-0.3, -0.25) is 4.79 Å². The summed E-state index contributed by atoms with van der Waals surface area (Å²) >= 11 is 0. The Morgan fingerprint density at radius 3 is 2.52 bits per heavy atom. The maximum Gasteiger partial charge on any atom is 0.337 e. The van der Waals surface area contributed by atoms with Crippen molar-refractivity contribution < 1.29 is 18.7 Å². The van der Waals surface area contributed by atoms with Gasteiger partial charge in [0.05, 0.1) is 24.9 Å². The molecule has 2 aromatic rings. The molecule has 27 heavy (non-hydrogen) atoms. The lowest BCUT2D eigenvalue weighted by atomic mass is 10.2. The maximum atomic E-state index is 13.9. The van der Waals surface area contributed by atoms with Crippen molar-refractivity contribution >= 4 is 23.3 Å². The molecule has 0 aromatic heterocycles. The molecule has 1 fully saturated rings. The van der Waals surface area contributed by atoms with E-state index in [-0.39, 0.29) is 18.3 Å². The van der Waals surface area contributed by atoms with E-state index in [1.54, 1.807) is 41.3 Å². The number of hydrogen-bond donors (Lipinski definition) is 1. The van der Waals surface area contributed by atoms with Gasteiger partial charge in [0, 0.05) is 31.9 Å². The first-order chi connectivity index (χ1) is 13.1. The Balaban J connectivity index is 1.51. The SMILES string of the molecule is COC(=O)c1cccc(NCC(=O)N2CCN(c3ccccc3F)CC2)c1. The highest BCUT2D eigenvalue weighted by atomic mass is 19.1. The Labute approximate surface area is 157 Å². The van der Waals surface area contributed by atoms with Crippen molar-refractivity contribution in [2.75, 3.05) is 50.1 Å². The number of methoxy groups -OCH3 is 1. The van der Waals surface area contributed by atoms with Crippen LogP contribution in [0.2, 0.25) is 0 Å². The zero-order valence-electron chi connectivity index (χ0n) is 15.2. The number of nitrogens with zero attached hydrogens (tertiary/aromatic N) is 2. The molecular formula is C20H22FN3O3. The second-order valence-corrected chi connectivity index (χ2v) is 6.25. The first kappa shape index (κ1) is 18.7. The third kappa shape index (κ3) is 4.55. The number of carbonyl (C=O) groups excluding carboxylic acids is 2. The molecule has 0 aliphatic carbocycles. The van der Waals surface area contributed by atoms with Gasteiger partial charge in [-0.05, 0) is 30.3 Å². The fourth-order valence-corrected chi connectivity index (χ4v) is 3.07. The molecule has 0 spiro atoms. The summed E-state index contributed by atoms with van der Waals surface area (Å²) in [6, 6.07) is 13.5. The van der Waals surface area contributed by atoms with Crippen molar-refractivity contribution in [3.8, 4) is 0 Å². The van der Waals surface area contributed by atoms with Crippen LogP contribution < -0.4 is 10.2 Å². The Morgan fingerprint density at radius 1 is 1.07 bits per heavy atom. The largest absolute Gasteiger partial charge is 0.465 e. The van der Waals surface area contributed by atoms with Gasteiger partial charge in [-0.25, -0.2) is 9.18 Å². The second kappa shape index (κ2) is 8.53. The quantitative estimate of drug-likeness (QED) is 0.818. The van der Waals surface area contributed by atoms with E-state index in [0.29, 0.717) is 43.1 Å². The number of benzene rings is 2. The molecule has 142 valence electrons. The number of carbonyl (C=O) groups is 2. The van der Waals surface area contributed by atoms with Crippen molar-refractivity contribution in [3.63, 3.8) is 0 Å². The van der Waals surface area contributed by atoms with Crippen LogP contribution in [0.5, 0.6) is 0 Å². The number of hydrogen-bond acceptors (Lipinski definition) is 5. The molecule has 1 amide bonds. The first-order valence-corrected chi connectivity index (χ1v) is 8.78. The van der Waals surface area contributed by atoms with E-state index in [1.807, 2.05) is 11.0 Å². The van der Waals surface area contributed by atoms with Gasteiger partial charge in [0.2, 0.25) is 5.91 Å². The van der Waals surface area contributed by atoms with Gasteiger partial charge in [-0.1, -0.05) is 18.2 Å². The van der Waals surface area contributed by atoms with E-state index in [2.05, 4.69) is 5.32 Å². The van der Waals surface area contributed by atoms with Crippen LogP contribution in [0.1, 0.15) is 10.4 Å². The van der Waals surface area contributed by atoms with Crippen molar-refractivity contribution in [3.05, 3.63) is 59.9 Å². The lowest BCUT2D eigenvalue weighted by Gasteiger charge is -2.36. The number of amides is 1. The van der Waals surface area contributed by atoms with Gasteiger partial charge < -0.3 is 19.9 Å². The Kier molecular flexibility index (Phi) is 5.90. The summed E-state index contributed by atoms with van der Waals surface area (Å²) < 4.78 is 18.6. The van der Waals surface area contributed by atoms with Crippen LogP contribution in [0.25, 0.3) is 0 Å². The summed E-state index contributed by atoms with van der Waals surface area (Å²) in [6.07, 6.45) is 0. The fraction of sp³-hybridized carbons (Fsp3) is 0.300. The summed E-state index contributed by atoms with van der Waals surface area (Å²) in [5, 5.41) is 3.04. The fourth-order valence-electron chi connectivity index (χ4n) is 3.07. The molecule has 0 radical (unpaired) electrons. The summed E-state index contributed by atoms with van der Waals surface area (Å²) in [6.45, 7) is 2.38. The van der Waals surface area contributed by atoms with Crippen LogP contribution in [-0.2, 0) is 9.53 Å². The van der Waals surface area contributed by atoms with Crippen molar-refractivity contribution in [2.45, 2.75) is 0 Å². The van der Waals surface area contributed by atoms with Crippen molar-refractivity contribution in [2.24, 2.45) is 0 Å². The van der Waals surface area contributed by atoms with Crippen LogP contribution >= 0.6 is 0 Å². The molecule has 0 unspecified atom stereocenters. The summed E-state index contributed by atoms with van der Waals surface area (Å²) in [4.78, 5) is 27.7. The number of para-hydroxylation sites is 1. The number of anilines is 2. The minimum absolute atomic E-state index is 0.0355. The van der Waals surface area contributed by atoms with Crippen LogP contribution in [0, 0.1) is 5.82 Å². The third-order valence-corrected chi connectivity index (χ3v) is 4.55. The lowest BCUT2D eigenvalue weighted by molar-refractivity contribution is -0.129. The molecule has 3 rings (SSSR count). The predicted octanol–water partition coefficient (Wildman–Crippen LogP) is 2.37. The van der Waals surface area contributed by atoms with Gasteiger partial charge in [0.1, 0.15) is 5.82 Å². The van der Waals surface area contributed by atoms with Gasteiger partial charge >= 0.3 is 5.97 Å². The van der Waals surface area contributed by atoms with E-state index in [4.69, 9.17) is 4.74 Å². The van der Waals surface area contributed by atoms with Gasteiger partial charge in [0.25, 0.3) is 0 Å². The number of esters is 1. The Morgan fingerprint density at radius 2 is 1.81 bits per heavy atom. The number of nitrogens with one attached hydrogen (secondary N) is 1. The average molecular weight is 371 g/mol. The molecule has 0 bridgehead atoms. The average Bonchev–Trinajstić information content (AvgIpc) is 2.72. The lowest BCUT2D eigenvalue weighted by Crippen LogP contribution is -2.50. The molecule has 1 saturated heterocycles. The Bertz CT molecular complexity index is 820. The molecule has 1 aliphatic heterocycles. The van der Waals surface area contributed by atoms with Crippen molar-refractivity contribution in [1.82, 2.24) is 4.90 Å². The van der Waals surface area contributed by atoms with E-state index in [0.717, 1.165) is 0 Å². The molecule has 1 heterocycles. The molecule has 2 aromatic carbocycles. The van der Waals surface area contributed by atoms with Gasteiger partial charge in [0.15, 0.2) is 0 Å². The molecule has 1 N–H and O–H groups in total. The van der Waals surface area contributed by atoms with Crippen LogP contribution in [0.15, 0.2) is 48.5 Å². The highest BCUT2D eigenvalue weighted by Gasteiger charge is 2.22. The highest BCUT2D eigenvalue weighted by Crippen LogP contribution is 2.20. The zero-order valence-corrected chi connectivity index (χ0v) is 15.2. The monoisotopic (exact) mass is 371 g/mol. The summed E-state index contributed by atoms with van der Waals surface area (Å²) in [5.41, 5.74) is 1.67. The molecule has 1 aliphatic rings. The minimum Gasteiger partial charge on any atom is -0.465 e. The molecule has 0 saturated carbocycles. The van der Waals surface area contributed by atoms with Crippen LogP contribution in [-0.4, -0.2) is 56.6 Å². The van der Waals surface area contributed by atoms with Gasteiger partial charge in [-0.15, -0.1) is 0 Å². The normalized spacial score (nSPS) is 14.0. The van der Waals surface area contributed by atoms with E-state index in [9.17, 15) is 14.0 Å². The van der Waals surface area contributed by atoms with E-state index in [1.165, 1.54) is 13.2 Å². The second-order valence-electron chi connectivity index (χ2n) is 6.25. The van der Waals surface area contributed by atoms with Crippen molar-refractivity contribution in [1.29, 1.82) is 0 Å². The number of rotatable bonds is 5. The van der Waals surface area contributed by atoms with Gasteiger partial charge in [-0.2, -0.15) is 0 Å². The highest BCUT2D eigenvalue weighted by molar-refractivity contribution is 5.90. The Hall–Kier alpha value is -3.09.